The second kappa shape index (κ2) is 5.83. The average Bonchev–Trinajstić information content (AvgIpc) is 2.40. The van der Waals surface area contributed by atoms with Crippen molar-refractivity contribution in [2.24, 2.45) is 5.73 Å². The molecular formula is C14H18N2O. The highest BCUT2D eigenvalue weighted by molar-refractivity contribution is 5.35. The van der Waals surface area contributed by atoms with E-state index in [9.17, 15) is 0 Å². The number of benzene rings is 1. The SMILES string of the molecule is C#Cc1ccc([C@@H](N)CN2CCOCC2)cc1. The molecule has 1 atom stereocenters. The number of nitrogens with two attached hydrogens (primary N) is 1. The topological polar surface area (TPSA) is 38.5 Å². The fraction of sp³-hybridized carbons (Fsp3) is 0.429. The average molecular weight is 230 g/mol. The highest BCUT2D eigenvalue weighted by Crippen LogP contribution is 2.13. The van der Waals surface area contributed by atoms with Crippen LogP contribution in [0.3, 0.4) is 0 Å². The molecule has 2 rings (SSSR count). The molecule has 3 nitrogen and oxygen atoms in total. The van der Waals surface area contributed by atoms with Gasteiger partial charge in [-0.1, -0.05) is 18.1 Å². The van der Waals surface area contributed by atoms with Crippen molar-refractivity contribution >= 4 is 0 Å². The van der Waals surface area contributed by atoms with Gasteiger partial charge in [0.05, 0.1) is 13.2 Å². The maximum absolute atomic E-state index is 6.18. The van der Waals surface area contributed by atoms with Gasteiger partial charge in [0.1, 0.15) is 0 Å². The number of rotatable bonds is 3. The first-order valence-electron chi connectivity index (χ1n) is 5.92. The number of ether oxygens (including phenoxy) is 1. The summed E-state index contributed by atoms with van der Waals surface area (Å²) in [6.45, 7) is 4.43. The van der Waals surface area contributed by atoms with Crippen LogP contribution in [0.2, 0.25) is 0 Å². The third-order valence-corrected chi connectivity index (χ3v) is 3.06. The molecule has 1 fully saturated rings. The van der Waals surface area contributed by atoms with Gasteiger partial charge in [-0.3, -0.25) is 4.90 Å². The number of nitrogens with zero attached hydrogens (tertiary/aromatic N) is 1. The van der Waals surface area contributed by atoms with Gasteiger partial charge in [0.2, 0.25) is 0 Å². The smallest absolute Gasteiger partial charge is 0.0594 e. The Labute approximate surface area is 103 Å². The highest BCUT2D eigenvalue weighted by atomic mass is 16.5. The molecule has 90 valence electrons. The maximum atomic E-state index is 6.18. The third-order valence-electron chi connectivity index (χ3n) is 3.06. The fourth-order valence-electron chi connectivity index (χ4n) is 1.99. The van der Waals surface area contributed by atoms with Gasteiger partial charge in [-0.05, 0) is 17.7 Å². The molecule has 0 aliphatic carbocycles. The van der Waals surface area contributed by atoms with Crippen molar-refractivity contribution in [2.75, 3.05) is 32.8 Å². The van der Waals surface area contributed by atoms with Crippen molar-refractivity contribution in [3.8, 4) is 12.3 Å². The standard InChI is InChI=1S/C14H18N2O/c1-2-12-3-5-13(6-4-12)14(15)11-16-7-9-17-10-8-16/h1,3-6,14H,7-11,15H2/t14-/m0/s1. The molecule has 3 heteroatoms. The maximum Gasteiger partial charge on any atom is 0.0594 e. The zero-order valence-electron chi connectivity index (χ0n) is 9.93. The van der Waals surface area contributed by atoms with Gasteiger partial charge in [0, 0.05) is 31.2 Å². The summed E-state index contributed by atoms with van der Waals surface area (Å²) < 4.78 is 5.31. The minimum atomic E-state index is 0.0416. The Morgan fingerprint density at radius 2 is 1.94 bits per heavy atom. The first kappa shape index (κ1) is 12.1. The van der Waals surface area contributed by atoms with E-state index in [4.69, 9.17) is 16.9 Å². The Hall–Kier alpha value is -1.34. The number of hydrogen-bond donors (Lipinski definition) is 1. The van der Waals surface area contributed by atoms with E-state index in [1.54, 1.807) is 0 Å². The normalized spacial score (nSPS) is 18.6. The second-order valence-corrected chi connectivity index (χ2v) is 4.29. The lowest BCUT2D eigenvalue weighted by atomic mass is 10.1. The number of hydrogen-bond acceptors (Lipinski definition) is 3. The summed E-state index contributed by atoms with van der Waals surface area (Å²) in [4.78, 5) is 2.34. The molecule has 0 bridgehead atoms. The molecule has 2 N–H and O–H groups in total. The van der Waals surface area contributed by atoms with Gasteiger partial charge in [-0.2, -0.15) is 0 Å². The van der Waals surface area contributed by atoms with Gasteiger partial charge in [-0.25, -0.2) is 0 Å². The predicted octanol–water partition coefficient (Wildman–Crippen LogP) is 1.000. The quantitative estimate of drug-likeness (QED) is 0.787. The summed E-state index contributed by atoms with van der Waals surface area (Å²) in [5, 5.41) is 0. The van der Waals surface area contributed by atoms with Crippen LogP contribution in [-0.4, -0.2) is 37.7 Å². The molecule has 1 saturated heterocycles. The second-order valence-electron chi connectivity index (χ2n) is 4.29. The molecule has 1 aliphatic heterocycles. The highest BCUT2D eigenvalue weighted by Gasteiger charge is 2.14. The van der Waals surface area contributed by atoms with Crippen molar-refractivity contribution in [1.82, 2.24) is 4.90 Å². The summed E-state index contributed by atoms with van der Waals surface area (Å²) in [7, 11) is 0. The molecule has 0 radical (unpaired) electrons. The molecule has 0 unspecified atom stereocenters. The van der Waals surface area contributed by atoms with E-state index in [1.807, 2.05) is 24.3 Å². The van der Waals surface area contributed by atoms with Gasteiger partial charge < -0.3 is 10.5 Å². The molecule has 0 amide bonds. The Morgan fingerprint density at radius 1 is 1.29 bits per heavy atom. The summed E-state index contributed by atoms with van der Waals surface area (Å²) in [5.74, 6) is 2.61. The largest absolute Gasteiger partial charge is 0.379 e. The van der Waals surface area contributed by atoms with Crippen molar-refractivity contribution in [3.63, 3.8) is 0 Å². The molecule has 1 aliphatic rings. The van der Waals surface area contributed by atoms with Crippen LogP contribution >= 0.6 is 0 Å². The van der Waals surface area contributed by atoms with Crippen LogP contribution < -0.4 is 5.73 Å². The van der Waals surface area contributed by atoms with Crippen LogP contribution in [-0.2, 0) is 4.74 Å². The minimum absolute atomic E-state index is 0.0416. The van der Waals surface area contributed by atoms with Crippen LogP contribution in [0.15, 0.2) is 24.3 Å². The summed E-state index contributed by atoms with van der Waals surface area (Å²) >= 11 is 0. The van der Waals surface area contributed by atoms with E-state index in [2.05, 4.69) is 10.8 Å². The van der Waals surface area contributed by atoms with Gasteiger partial charge >= 0.3 is 0 Å². The first-order chi connectivity index (χ1) is 8.29. The lowest BCUT2D eigenvalue weighted by Gasteiger charge is -2.29. The van der Waals surface area contributed by atoms with Crippen LogP contribution in [0.5, 0.6) is 0 Å². The van der Waals surface area contributed by atoms with E-state index in [0.717, 1.165) is 44.0 Å². The van der Waals surface area contributed by atoms with E-state index in [1.165, 1.54) is 0 Å². The lowest BCUT2D eigenvalue weighted by molar-refractivity contribution is 0.0352. The minimum Gasteiger partial charge on any atom is -0.379 e. The zero-order valence-corrected chi connectivity index (χ0v) is 9.93. The third kappa shape index (κ3) is 3.31. The van der Waals surface area contributed by atoms with Gasteiger partial charge in [-0.15, -0.1) is 6.42 Å². The Kier molecular flexibility index (Phi) is 4.16. The van der Waals surface area contributed by atoms with E-state index >= 15 is 0 Å². The van der Waals surface area contributed by atoms with Crippen molar-refractivity contribution in [2.45, 2.75) is 6.04 Å². The molecule has 0 spiro atoms. The Bertz CT molecular complexity index is 388. The van der Waals surface area contributed by atoms with E-state index < -0.39 is 0 Å². The van der Waals surface area contributed by atoms with Crippen LogP contribution in [0, 0.1) is 12.3 Å². The van der Waals surface area contributed by atoms with Crippen LogP contribution in [0.1, 0.15) is 17.2 Å². The summed E-state index contributed by atoms with van der Waals surface area (Å²) in [5.41, 5.74) is 8.21. The predicted molar refractivity (Wildman–Crippen MR) is 68.6 cm³/mol. The molecule has 17 heavy (non-hydrogen) atoms. The number of terminal acetylenes is 1. The lowest BCUT2D eigenvalue weighted by Crippen LogP contribution is -2.40. The van der Waals surface area contributed by atoms with E-state index in [0.29, 0.717) is 0 Å². The van der Waals surface area contributed by atoms with Crippen molar-refractivity contribution in [1.29, 1.82) is 0 Å². The molecule has 0 saturated carbocycles. The van der Waals surface area contributed by atoms with E-state index in [-0.39, 0.29) is 6.04 Å². The van der Waals surface area contributed by atoms with Gasteiger partial charge in [0.15, 0.2) is 0 Å². The monoisotopic (exact) mass is 230 g/mol. The van der Waals surface area contributed by atoms with Crippen LogP contribution in [0.4, 0.5) is 0 Å². The zero-order chi connectivity index (χ0) is 12.1. The molecular weight excluding hydrogens is 212 g/mol. The summed E-state index contributed by atoms with van der Waals surface area (Å²) in [6.07, 6.45) is 5.32. The number of morpholine rings is 1. The molecule has 1 heterocycles. The van der Waals surface area contributed by atoms with Crippen molar-refractivity contribution < 1.29 is 4.74 Å². The Morgan fingerprint density at radius 3 is 2.53 bits per heavy atom. The first-order valence-corrected chi connectivity index (χ1v) is 5.92. The van der Waals surface area contributed by atoms with Gasteiger partial charge in [0.25, 0.3) is 0 Å². The fourth-order valence-corrected chi connectivity index (χ4v) is 1.99. The summed E-state index contributed by atoms with van der Waals surface area (Å²) in [6, 6.07) is 7.95. The molecule has 0 aromatic heterocycles. The van der Waals surface area contributed by atoms with Crippen LogP contribution in [0.25, 0.3) is 0 Å². The molecule has 1 aromatic rings. The van der Waals surface area contributed by atoms with Crippen molar-refractivity contribution in [3.05, 3.63) is 35.4 Å². The Balaban J connectivity index is 1.94. The molecule has 1 aromatic carbocycles.